The number of aromatic hydroxyl groups is 1. The van der Waals surface area contributed by atoms with Gasteiger partial charge >= 0.3 is 0 Å². The minimum Gasteiger partial charge on any atom is -0.507 e. The first-order valence-electron chi connectivity index (χ1n) is 2.34. The van der Waals surface area contributed by atoms with Crippen LogP contribution in [0.4, 0.5) is 0 Å². The molecular weight excluding hydrogens is 295 g/mol. The van der Waals surface area contributed by atoms with Gasteiger partial charge in [0.05, 0.1) is 4.47 Å². The molecule has 1 aromatic rings. The van der Waals surface area contributed by atoms with Crippen molar-refractivity contribution in [3.05, 3.63) is 26.2 Å². The Kier molecular flexibility index (Phi) is 2.35. The molecule has 0 amide bonds. The molecule has 9 heavy (non-hydrogen) atoms. The zero-order valence-electron chi connectivity index (χ0n) is 4.44. The third-order valence-electron chi connectivity index (χ3n) is 0.908. The minimum absolute atomic E-state index is 0.293. The lowest BCUT2D eigenvalue weighted by molar-refractivity contribution is 0.471. The molecule has 0 heterocycles. The highest BCUT2D eigenvalue weighted by molar-refractivity contribution is 14.1. The molecule has 0 aliphatic rings. The second-order valence-electron chi connectivity index (χ2n) is 1.60. The Bertz CT molecular complexity index is 224. The molecule has 3 heteroatoms. The van der Waals surface area contributed by atoms with Crippen LogP contribution in [0.5, 0.6) is 5.75 Å². The van der Waals surface area contributed by atoms with Gasteiger partial charge in [0, 0.05) is 3.57 Å². The summed E-state index contributed by atoms with van der Waals surface area (Å²) in [7, 11) is 0. The van der Waals surface area contributed by atoms with E-state index in [-0.39, 0.29) is 0 Å². The average Bonchev–Trinajstić information content (AvgIpc) is 1.80. The molecule has 0 radical (unpaired) electrons. The van der Waals surface area contributed by atoms with Crippen LogP contribution in [0.2, 0.25) is 0 Å². The summed E-state index contributed by atoms with van der Waals surface area (Å²) in [4.78, 5) is 0. The molecule has 0 unspecified atom stereocenters. The summed E-state index contributed by atoms with van der Waals surface area (Å²) in [5.74, 6) is 0.293. The molecule has 0 saturated heterocycles. The molecule has 0 aliphatic heterocycles. The van der Waals surface area contributed by atoms with E-state index in [0.29, 0.717) is 5.75 Å². The summed E-state index contributed by atoms with van der Waals surface area (Å²) >= 11 is 5.32. The van der Waals surface area contributed by atoms with Gasteiger partial charge in [-0.2, -0.15) is 0 Å². The summed E-state index contributed by atoms with van der Waals surface area (Å²) in [6.07, 6.45) is 0. The minimum atomic E-state index is 0.293. The van der Waals surface area contributed by atoms with E-state index in [0.717, 1.165) is 8.04 Å². The fourth-order valence-corrected chi connectivity index (χ4v) is 1.21. The van der Waals surface area contributed by atoms with Gasteiger partial charge in [0.2, 0.25) is 0 Å². The highest BCUT2D eigenvalue weighted by atomic mass is 127. The van der Waals surface area contributed by atoms with Crippen molar-refractivity contribution in [1.82, 2.24) is 0 Å². The lowest BCUT2D eigenvalue weighted by Crippen LogP contribution is -1.70. The molecule has 0 saturated carbocycles. The highest BCUT2D eigenvalue weighted by Gasteiger charge is 1.94. The molecule has 1 rings (SSSR count). The molecule has 1 nitrogen and oxygen atoms in total. The summed E-state index contributed by atoms with van der Waals surface area (Å²) in [5.41, 5.74) is 0. The van der Waals surface area contributed by atoms with Crippen molar-refractivity contribution in [1.29, 1.82) is 0 Å². The Morgan fingerprint density at radius 1 is 1.44 bits per heavy atom. The van der Waals surface area contributed by atoms with Gasteiger partial charge in [0.1, 0.15) is 5.75 Å². The average molecular weight is 299 g/mol. The first kappa shape index (κ1) is 7.34. The molecule has 48 valence electrons. The van der Waals surface area contributed by atoms with Gasteiger partial charge in [-0.05, 0) is 56.7 Å². The number of hydrogen-bond acceptors (Lipinski definition) is 1. The third kappa shape index (κ3) is 1.82. The van der Waals surface area contributed by atoms with Crippen LogP contribution in [0.1, 0.15) is 0 Å². The molecule has 1 aromatic carbocycles. The Balaban J connectivity index is 3.17. The van der Waals surface area contributed by atoms with Crippen molar-refractivity contribution >= 4 is 38.5 Å². The van der Waals surface area contributed by atoms with Crippen molar-refractivity contribution < 1.29 is 5.11 Å². The van der Waals surface area contributed by atoms with Gasteiger partial charge in [0.25, 0.3) is 0 Å². The quantitative estimate of drug-likeness (QED) is 0.730. The third-order valence-corrected chi connectivity index (χ3v) is 2.25. The summed E-state index contributed by atoms with van der Waals surface area (Å²) in [5, 5.41) is 9.05. The predicted octanol–water partition coefficient (Wildman–Crippen LogP) is 2.76. The molecule has 0 fully saturated rings. The number of rotatable bonds is 0. The van der Waals surface area contributed by atoms with E-state index in [9.17, 15) is 0 Å². The van der Waals surface area contributed by atoms with Crippen LogP contribution in [-0.2, 0) is 0 Å². The number of halogens is 2. The first-order chi connectivity index (χ1) is 4.20. The number of phenols is 1. The largest absolute Gasteiger partial charge is 0.507 e. The van der Waals surface area contributed by atoms with Crippen LogP contribution in [0.15, 0.2) is 22.7 Å². The Hall–Kier alpha value is 0.230. The molecule has 1 N–H and O–H groups in total. The molecule has 0 aromatic heterocycles. The smallest absolute Gasteiger partial charge is 0.130 e. The number of phenolic OH excluding ortho intramolecular Hbond substituents is 1. The maximum absolute atomic E-state index is 9.05. The van der Waals surface area contributed by atoms with E-state index < -0.39 is 0 Å². The number of hydrogen-bond donors (Lipinski definition) is 1. The lowest BCUT2D eigenvalue weighted by Gasteiger charge is -1.94. The monoisotopic (exact) mass is 298 g/mol. The molecule has 0 bridgehead atoms. The zero-order chi connectivity index (χ0) is 6.85. The normalized spacial score (nSPS) is 9.56. The van der Waals surface area contributed by atoms with Crippen molar-refractivity contribution in [2.75, 3.05) is 0 Å². The zero-order valence-corrected chi connectivity index (χ0v) is 8.18. The van der Waals surface area contributed by atoms with Crippen LogP contribution in [-0.4, -0.2) is 5.11 Å². The molecular formula is C6H4BrIO. The Labute approximate surface area is 75.4 Å². The fraction of sp³-hybridized carbons (Fsp3) is 0. The predicted molar refractivity (Wildman–Crippen MR) is 48.5 cm³/mol. The van der Waals surface area contributed by atoms with Gasteiger partial charge in [0.15, 0.2) is 0 Å². The Morgan fingerprint density at radius 2 is 2.11 bits per heavy atom. The van der Waals surface area contributed by atoms with E-state index in [1.807, 2.05) is 12.1 Å². The maximum Gasteiger partial charge on any atom is 0.130 e. The van der Waals surface area contributed by atoms with E-state index in [2.05, 4.69) is 38.5 Å². The van der Waals surface area contributed by atoms with Crippen molar-refractivity contribution in [3.63, 3.8) is 0 Å². The van der Waals surface area contributed by atoms with Gasteiger partial charge in [-0.3, -0.25) is 0 Å². The Morgan fingerprint density at radius 3 is 2.56 bits per heavy atom. The highest BCUT2D eigenvalue weighted by Crippen LogP contribution is 2.24. The van der Waals surface area contributed by atoms with E-state index in [4.69, 9.17) is 5.11 Å². The van der Waals surface area contributed by atoms with Crippen LogP contribution in [0.25, 0.3) is 0 Å². The van der Waals surface area contributed by atoms with Crippen LogP contribution in [0, 0.1) is 3.57 Å². The second-order valence-corrected chi connectivity index (χ2v) is 3.70. The van der Waals surface area contributed by atoms with Gasteiger partial charge in [-0.1, -0.05) is 0 Å². The molecule has 0 aliphatic carbocycles. The lowest BCUT2D eigenvalue weighted by atomic mass is 10.3. The summed E-state index contributed by atoms with van der Waals surface area (Å²) in [6.45, 7) is 0. The van der Waals surface area contributed by atoms with Crippen molar-refractivity contribution in [2.24, 2.45) is 0 Å². The van der Waals surface area contributed by atoms with E-state index in [1.54, 1.807) is 6.07 Å². The first-order valence-corrected chi connectivity index (χ1v) is 4.21. The summed E-state index contributed by atoms with van der Waals surface area (Å²) in [6, 6.07) is 5.44. The van der Waals surface area contributed by atoms with Crippen molar-refractivity contribution in [2.45, 2.75) is 0 Å². The van der Waals surface area contributed by atoms with Gasteiger partial charge < -0.3 is 5.11 Å². The van der Waals surface area contributed by atoms with E-state index in [1.165, 1.54) is 0 Å². The van der Waals surface area contributed by atoms with Gasteiger partial charge in [-0.25, -0.2) is 0 Å². The summed E-state index contributed by atoms with van der Waals surface area (Å²) < 4.78 is 1.77. The molecule has 0 atom stereocenters. The number of benzene rings is 1. The molecule has 0 spiro atoms. The standard InChI is InChI=1S/C6H4BrIO/c7-5-2-1-4(8)3-6(5)9/h1-3,9H. The van der Waals surface area contributed by atoms with Crippen LogP contribution < -0.4 is 0 Å². The maximum atomic E-state index is 9.05. The second kappa shape index (κ2) is 2.88. The topological polar surface area (TPSA) is 20.2 Å². The van der Waals surface area contributed by atoms with Crippen LogP contribution in [0.3, 0.4) is 0 Å². The SMILES string of the molecule is Oc1cc(I)ccc1Br. The van der Waals surface area contributed by atoms with Gasteiger partial charge in [-0.15, -0.1) is 0 Å². The van der Waals surface area contributed by atoms with Crippen molar-refractivity contribution in [3.8, 4) is 5.75 Å². The fourth-order valence-electron chi connectivity index (χ4n) is 0.486. The van der Waals surface area contributed by atoms with Crippen LogP contribution >= 0.6 is 38.5 Å². The van der Waals surface area contributed by atoms with E-state index >= 15 is 0 Å².